The summed E-state index contributed by atoms with van der Waals surface area (Å²) in [6.07, 6.45) is -4.31. The summed E-state index contributed by atoms with van der Waals surface area (Å²) in [5.41, 5.74) is 0.422. The molecule has 0 aliphatic heterocycles. The molecule has 0 aliphatic carbocycles. The van der Waals surface area contributed by atoms with Gasteiger partial charge in [0.15, 0.2) is 0 Å². The van der Waals surface area contributed by atoms with Crippen LogP contribution in [0, 0.1) is 5.82 Å². The molecule has 0 aliphatic rings. The zero-order valence-corrected chi connectivity index (χ0v) is 10.8. The molecule has 0 bridgehead atoms. The Kier molecular flexibility index (Phi) is 5.69. The number of halogens is 6. The Hall–Kier alpha value is -0.520. The molecule has 0 heterocycles. The van der Waals surface area contributed by atoms with Gasteiger partial charge in [-0.05, 0) is 17.7 Å². The van der Waals surface area contributed by atoms with E-state index in [1.54, 1.807) is 0 Å². The summed E-state index contributed by atoms with van der Waals surface area (Å²) in [6.45, 7) is -1.03. The van der Waals surface area contributed by atoms with E-state index in [0.29, 0.717) is 5.56 Å². The highest BCUT2D eigenvalue weighted by atomic mass is 35.5. The maximum Gasteiger partial charge on any atom is 0.401 e. The van der Waals surface area contributed by atoms with Gasteiger partial charge in [-0.2, -0.15) is 13.2 Å². The lowest BCUT2D eigenvalue weighted by atomic mass is 10.2. The molecule has 0 atom stereocenters. The number of benzene rings is 1. The van der Waals surface area contributed by atoms with Gasteiger partial charge in [-0.25, -0.2) is 4.39 Å². The van der Waals surface area contributed by atoms with E-state index < -0.39 is 18.5 Å². The van der Waals surface area contributed by atoms with Crippen molar-refractivity contribution in [2.24, 2.45) is 0 Å². The lowest BCUT2D eigenvalue weighted by Gasteiger charge is -2.22. The molecule has 102 valence electrons. The van der Waals surface area contributed by atoms with Crippen LogP contribution in [0.4, 0.5) is 17.6 Å². The van der Waals surface area contributed by atoms with Gasteiger partial charge in [0.25, 0.3) is 0 Å². The molecule has 1 aromatic rings. The maximum atomic E-state index is 13.2. The largest absolute Gasteiger partial charge is 0.401 e. The highest BCUT2D eigenvalue weighted by Gasteiger charge is 2.30. The summed E-state index contributed by atoms with van der Waals surface area (Å²) >= 11 is 10.9. The first-order chi connectivity index (χ1) is 8.31. The molecule has 0 unspecified atom stereocenters. The van der Waals surface area contributed by atoms with Crippen LogP contribution in [-0.2, 0) is 6.54 Å². The van der Waals surface area contributed by atoms with Gasteiger partial charge in [0.1, 0.15) is 5.82 Å². The van der Waals surface area contributed by atoms with Crippen molar-refractivity contribution in [3.05, 3.63) is 34.6 Å². The Bertz CT molecular complexity index is 395. The molecular weight excluding hydrogens is 293 g/mol. The molecule has 7 heteroatoms. The molecule has 0 amide bonds. The van der Waals surface area contributed by atoms with Gasteiger partial charge in [-0.3, -0.25) is 4.90 Å². The van der Waals surface area contributed by atoms with E-state index in [1.807, 2.05) is 0 Å². The number of hydrogen-bond acceptors (Lipinski definition) is 1. The zero-order valence-electron chi connectivity index (χ0n) is 9.28. The predicted molar refractivity (Wildman–Crippen MR) is 63.5 cm³/mol. The maximum absolute atomic E-state index is 13.2. The summed E-state index contributed by atoms with van der Waals surface area (Å²) in [7, 11) is 0. The van der Waals surface area contributed by atoms with E-state index in [-0.39, 0.29) is 24.0 Å². The monoisotopic (exact) mass is 303 g/mol. The third-order valence-electron chi connectivity index (χ3n) is 2.19. The smallest absolute Gasteiger partial charge is 0.290 e. The van der Waals surface area contributed by atoms with Crippen LogP contribution in [0.2, 0.25) is 5.02 Å². The fourth-order valence-electron chi connectivity index (χ4n) is 1.48. The van der Waals surface area contributed by atoms with E-state index in [9.17, 15) is 17.6 Å². The molecule has 0 saturated carbocycles. The van der Waals surface area contributed by atoms with Crippen LogP contribution in [0.25, 0.3) is 0 Å². The van der Waals surface area contributed by atoms with E-state index in [0.717, 1.165) is 11.0 Å². The van der Waals surface area contributed by atoms with Crippen molar-refractivity contribution in [2.45, 2.75) is 12.7 Å². The molecule has 1 rings (SSSR count). The van der Waals surface area contributed by atoms with Crippen molar-refractivity contribution < 1.29 is 17.6 Å². The van der Waals surface area contributed by atoms with E-state index in [4.69, 9.17) is 23.2 Å². The average molecular weight is 304 g/mol. The van der Waals surface area contributed by atoms with Crippen LogP contribution in [0.15, 0.2) is 18.2 Å². The van der Waals surface area contributed by atoms with Crippen LogP contribution < -0.4 is 0 Å². The van der Waals surface area contributed by atoms with Gasteiger partial charge < -0.3 is 0 Å². The van der Waals surface area contributed by atoms with Gasteiger partial charge in [-0.1, -0.05) is 17.7 Å². The second-order valence-electron chi connectivity index (χ2n) is 3.76. The molecule has 1 aromatic carbocycles. The van der Waals surface area contributed by atoms with E-state index in [2.05, 4.69) is 0 Å². The third-order valence-corrected chi connectivity index (χ3v) is 2.67. The molecule has 1 nitrogen and oxygen atoms in total. The van der Waals surface area contributed by atoms with Crippen molar-refractivity contribution in [3.8, 4) is 0 Å². The minimum Gasteiger partial charge on any atom is -0.290 e. The molecular formula is C11H11Cl2F4N. The first kappa shape index (κ1) is 15.5. The second kappa shape index (κ2) is 6.59. The lowest BCUT2D eigenvalue weighted by Crippen LogP contribution is -2.35. The van der Waals surface area contributed by atoms with Gasteiger partial charge in [0.05, 0.1) is 11.6 Å². The summed E-state index contributed by atoms with van der Waals surface area (Å²) in [5, 5.41) is -0.0570. The van der Waals surface area contributed by atoms with Gasteiger partial charge in [0, 0.05) is 19.0 Å². The molecule has 0 spiro atoms. The van der Waals surface area contributed by atoms with Crippen LogP contribution >= 0.6 is 23.2 Å². The highest BCUT2D eigenvalue weighted by molar-refractivity contribution is 6.30. The zero-order chi connectivity index (χ0) is 13.8. The van der Waals surface area contributed by atoms with E-state index in [1.165, 1.54) is 12.1 Å². The molecule has 0 radical (unpaired) electrons. The Labute approximate surface area is 112 Å². The summed E-state index contributed by atoms with van der Waals surface area (Å²) in [4.78, 5) is 1.11. The van der Waals surface area contributed by atoms with Crippen LogP contribution in [-0.4, -0.2) is 30.0 Å². The standard InChI is InChI=1S/C11H11Cl2F4N/c12-3-4-18(7-11(15,16)17)6-8-1-2-9(13)10(14)5-8/h1-2,5H,3-4,6-7H2. The lowest BCUT2D eigenvalue weighted by molar-refractivity contribution is -0.146. The first-order valence-corrected chi connectivity index (χ1v) is 6.02. The predicted octanol–water partition coefficient (Wildman–Crippen LogP) is 4.08. The summed E-state index contributed by atoms with van der Waals surface area (Å²) in [5.74, 6) is -0.571. The van der Waals surface area contributed by atoms with E-state index >= 15 is 0 Å². The summed E-state index contributed by atoms with van der Waals surface area (Å²) < 4.78 is 50.0. The summed E-state index contributed by atoms with van der Waals surface area (Å²) in [6, 6.07) is 3.93. The average Bonchev–Trinajstić information content (AvgIpc) is 2.21. The Balaban J connectivity index is 2.73. The minimum atomic E-state index is -4.31. The van der Waals surface area contributed by atoms with Crippen molar-refractivity contribution >= 4 is 23.2 Å². The van der Waals surface area contributed by atoms with Crippen molar-refractivity contribution in [1.82, 2.24) is 4.90 Å². The second-order valence-corrected chi connectivity index (χ2v) is 4.55. The normalized spacial score (nSPS) is 12.2. The van der Waals surface area contributed by atoms with Crippen LogP contribution in [0.3, 0.4) is 0 Å². The Morgan fingerprint density at radius 3 is 2.39 bits per heavy atom. The number of rotatable bonds is 5. The topological polar surface area (TPSA) is 3.24 Å². The molecule has 18 heavy (non-hydrogen) atoms. The number of nitrogens with zero attached hydrogens (tertiary/aromatic N) is 1. The number of alkyl halides is 4. The molecule has 0 fully saturated rings. The molecule has 0 aromatic heterocycles. The third kappa shape index (κ3) is 5.42. The van der Waals surface area contributed by atoms with Crippen molar-refractivity contribution in [3.63, 3.8) is 0 Å². The minimum absolute atomic E-state index is 0.0275. The fourth-order valence-corrected chi connectivity index (χ4v) is 1.84. The van der Waals surface area contributed by atoms with Gasteiger partial charge in [0.2, 0.25) is 0 Å². The Morgan fingerprint density at radius 2 is 1.89 bits per heavy atom. The van der Waals surface area contributed by atoms with Gasteiger partial charge in [-0.15, -0.1) is 11.6 Å². The van der Waals surface area contributed by atoms with Crippen molar-refractivity contribution in [1.29, 1.82) is 0 Å². The quantitative estimate of drug-likeness (QED) is 0.585. The van der Waals surface area contributed by atoms with Crippen molar-refractivity contribution in [2.75, 3.05) is 19.0 Å². The van der Waals surface area contributed by atoms with Crippen LogP contribution in [0.1, 0.15) is 5.56 Å². The SMILES string of the molecule is Fc1cc(CN(CCCl)CC(F)(F)F)ccc1Cl. The molecule has 0 saturated heterocycles. The Morgan fingerprint density at radius 1 is 1.22 bits per heavy atom. The van der Waals surface area contributed by atoms with Gasteiger partial charge >= 0.3 is 6.18 Å². The highest BCUT2D eigenvalue weighted by Crippen LogP contribution is 2.20. The molecule has 0 N–H and O–H groups in total. The fraction of sp³-hybridized carbons (Fsp3) is 0.455. The van der Waals surface area contributed by atoms with Crippen LogP contribution in [0.5, 0.6) is 0 Å². The number of hydrogen-bond donors (Lipinski definition) is 0. The first-order valence-electron chi connectivity index (χ1n) is 5.11.